The molecule has 0 bridgehead atoms. The molecule has 2 saturated heterocycles. The van der Waals surface area contributed by atoms with Crippen molar-refractivity contribution in [1.29, 1.82) is 0 Å². The van der Waals surface area contributed by atoms with E-state index in [1.54, 1.807) is 0 Å². The van der Waals surface area contributed by atoms with Crippen molar-refractivity contribution >= 4 is 11.6 Å². The van der Waals surface area contributed by atoms with E-state index in [-0.39, 0.29) is 11.4 Å². The van der Waals surface area contributed by atoms with Crippen molar-refractivity contribution in [3.8, 4) is 0 Å². The molecule has 1 N–H and O–H groups in total. The van der Waals surface area contributed by atoms with E-state index in [0.29, 0.717) is 18.1 Å². The van der Waals surface area contributed by atoms with Crippen molar-refractivity contribution in [3.05, 3.63) is 30.3 Å². The van der Waals surface area contributed by atoms with Crippen molar-refractivity contribution in [2.75, 3.05) is 24.7 Å². The van der Waals surface area contributed by atoms with Gasteiger partial charge >= 0.3 is 0 Å². The van der Waals surface area contributed by atoms with Gasteiger partial charge in [0.1, 0.15) is 5.54 Å². The molecule has 1 aromatic rings. The molecule has 3 aliphatic rings. The van der Waals surface area contributed by atoms with Crippen molar-refractivity contribution < 1.29 is 4.79 Å². The van der Waals surface area contributed by atoms with E-state index in [1.165, 1.54) is 25.7 Å². The highest BCUT2D eigenvalue weighted by atomic mass is 16.2. The van der Waals surface area contributed by atoms with E-state index in [4.69, 9.17) is 0 Å². The predicted molar refractivity (Wildman–Crippen MR) is 111 cm³/mol. The fraction of sp³-hybridized carbons (Fsp3) is 0.696. The Labute approximate surface area is 164 Å². The zero-order valence-corrected chi connectivity index (χ0v) is 17.2. The van der Waals surface area contributed by atoms with Gasteiger partial charge in [-0.25, -0.2) is 0 Å². The summed E-state index contributed by atoms with van der Waals surface area (Å²) in [6.45, 7) is 9.90. The summed E-state index contributed by atoms with van der Waals surface area (Å²) in [5, 5.41) is 3.12. The maximum atomic E-state index is 12.8. The first kappa shape index (κ1) is 18.8. The third kappa shape index (κ3) is 3.49. The Morgan fingerprint density at radius 2 is 1.78 bits per heavy atom. The normalized spacial score (nSPS) is 29.1. The quantitative estimate of drug-likeness (QED) is 0.855. The van der Waals surface area contributed by atoms with Gasteiger partial charge in [0, 0.05) is 24.8 Å². The Hall–Kier alpha value is -1.55. The molecule has 1 aliphatic carbocycles. The van der Waals surface area contributed by atoms with Gasteiger partial charge in [0.2, 0.25) is 5.91 Å². The van der Waals surface area contributed by atoms with Crippen LogP contribution in [-0.4, -0.2) is 42.1 Å². The Morgan fingerprint density at radius 3 is 2.44 bits per heavy atom. The van der Waals surface area contributed by atoms with Gasteiger partial charge in [-0.05, 0) is 55.6 Å². The van der Waals surface area contributed by atoms with Crippen LogP contribution < -0.4 is 10.2 Å². The van der Waals surface area contributed by atoms with Crippen LogP contribution in [0.5, 0.6) is 0 Å². The van der Waals surface area contributed by atoms with Gasteiger partial charge in [0.15, 0.2) is 0 Å². The summed E-state index contributed by atoms with van der Waals surface area (Å²) in [5.74, 6) is 1.05. The summed E-state index contributed by atoms with van der Waals surface area (Å²) in [6.07, 6.45) is 7.25. The number of amides is 1. The molecular formula is C23H35N3O. The minimum Gasteiger partial charge on any atom is -0.339 e. The number of hydrogen-bond acceptors (Lipinski definition) is 3. The lowest BCUT2D eigenvalue weighted by Gasteiger charge is -2.48. The van der Waals surface area contributed by atoms with E-state index < -0.39 is 0 Å². The van der Waals surface area contributed by atoms with Gasteiger partial charge in [-0.2, -0.15) is 0 Å². The van der Waals surface area contributed by atoms with Gasteiger partial charge in [0.05, 0.1) is 6.67 Å². The zero-order chi connectivity index (χ0) is 19.1. The molecule has 148 valence electrons. The molecule has 4 heteroatoms. The first-order valence-corrected chi connectivity index (χ1v) is 10.8. The minimum absolute atomic E-state index is 0.224. The molecular weight excluding hydrogens is 334 g/mol. The smallest absolute Gasteiger partial charge is 0.247 e. The summed E-state index contributed by atoms with van der Waals surface area (Å²) in [4.78, 5) is 17.8. The average Bonchev–Trinajstić information content (AvgIpc) is 2.98. The van der Waals surface area contributed by atoms with Gasteiger partial charge in [-0.1, -0.05) is 45.4 Å². The van der Waals surface area contributed by atoms with Gasteiger partial charge in [0.25, 0.3) is 0 Å². The lowest BCUT2D eigenvalue weighted by Crippen LogP contribution is -2.58. The highest BCUT2D eigenvalue weighted by Crippen LogP contribution is 2.42. The van der Waals surface area contributed by atoms with Crippen LogP contribution in [0.2, 0.25) is 0 Å². The molecule has 1 amide bonds. The van der Waals surface area contributed by atoms with E-state index in [2.05, 4.69) is 60.2 Å². The van der Waals surface area contributed by atoms with Crippen LogP contribution in [0.1, 0.15) is 59.3 Å². The Balaban J connectivity index is 1.45. The van der Waals surface area contributed by atoms with Crippen LogP contribution in [0, 0.1) is 11.3 Å². The lowest BCUT2D eigenvalue weighted by molar-refractivity contribution is -0.125. The fourth-order valence-electron chi connectivity index (χ4n) is 5.57. The predicted octanol–water partition coefficient (Wildman–Crippen LogP) is 4.02. The minimum atomic E-state index is -0.351. The van der Waals surface area contributed by atoms with Crippen molar-refractivity contribution in [2.24, 2.45) is 11.3 Å². The third-order valence-electron chi connectivity index (χ3n) is 7.42. The number of carbonyl (C=O) groups is 1. The first-order chi connectivity index (χ1) is 12.9. The second-order valence-corrected chi connectivity index (χ2v) is 9.88. The molecule has 2 unspecified atom stereocenters. The van der Waals surface area contributed by atoms with Crippen LogP contribution in [0.15, 0.2) is 30.3 Å². The molecule has 2 aliphatic heterocycles. The standard InChI is InChI=1S/C23H35N3O/c1-22(2,3)18-8-7-11-20(16-18)25-14-12-23(13-15-25)21(27)24-17-26(23)19-9-5-4-6-10-19/h4-6,9-10,18,20H,7-8,11-17H2,1-3H3,(H,24,27). The number of hydrogen-bond donors (Lipinski definition) is 1. The molecule has 1 aromatic carbocycles. The zero-order valence-electron chi connectivity index (χ0n) is 17.2. The second-order valence-electron chi connectivity index (χ2n) is 9.88. The summed E-state index contributed by atoms with van der Waals surface area (Å²) >= 11 is 0. The summed E-state index contributed by atoms with van der Waals surface area (Å²) < 4.78 is 0. The van der Waals surface area contributed by atoms with Crippen molar-refractivity contribution in [1.82, 2.24) is 10.2 Å². The molecule has 4 nitrogen and oxygen atoms in total. The molecule has 1 saturated carbocycles. The topological polar surface area (TPSA) is 35.6 Å². The molecule has 2 heterocycles. The summed E-state index contributed by atoms with van der Waals surface area (Å²) in [7, 11) is 0. The highest BCUT2D eigenvalue weighted by Gasteiger charge is 2.51. The maximum absolute atomic E-state index is 12.8. The first-order valence-electron chi connectivity index (χ1n) is 10.8. The van der Waals surface area contributed by atoms with Crippen LogP contribution in [0.25, 0.3) is 0 Å². The van der Waals surface area contributed by atoms with Crippen molar-refractivity contribution in [3.63, 3.8) is 0 Å². The largest absolute Gasteiger partial charge is 0.339 e. The number of carbonyl (C=O) groups excluding carboxylic acids is 1. The molecule has 27 heavy (non-hydrogen) atoms. The number of nitrogens with zero attached hydrogens (tertiary/aromatic N) is 2. The number of rotatable bonds is 2. The van der Waals surface area contributed by atoms with Gasteiger partial charge in [-0.3, -0.25) is 4.79 Å². The number of para-hydroxylation sites is 1. The monoisotopic (exact) mass is 369 g/mol. The number of piperidine rings is 1. The third-order valence-corrected chi connectivity index (χ3v) is 7.42. The summed E-state index contributed by atoms with van der Waals surface area (Å²) in [6, 6.07) is 11.1. The maximum Gasteiger partial charge on any atom is 0.247 e. The Morgan fingerprint density at radius 1 is 1.07 bits per heavy atom. The highest BCUT2D eigenvalue weighted by molar-refractivity contribution is 5.93. The lowest BCUT2D eigenvalue weighted by atomic mass is 9.70. The Kier molecular flexibility index (Phi) is 4.96. The molecule has 3 fully saturated rings. The summed E-state index contributed by atoms with van der Waals surface area (Å²) in [5.41, 5.74) is 1.22. The fourth-order valence-corrected chi connectivity index (χ4v) is 5.57. The van der Waals surface area contributed by atoms with Crippen molar-refractivity contribution in [2.45, 2.75) is 70.9 Å². The molecule has 0 radical (unpaired) electrons. The SMILES string of the molecule is CC(C)(C)C1CCCC(N2CCC3(CC2)C(=O)NCN3c2ccccc2)C1. The number of nitrogens with one attached hydrogen (secondary N) is 1. The van der Waals surface area contributed by atoms with E-state index in [0.717, 1.165) is 37.5 Å². The Bertz CT molecular complexity index is 658. The van der Waals surface area contributed by atoms with Crippen LogP contribution >= 0.6 is 0 Å². The molecule has 0 aromatic heterocycles. The van der Waals surface area contributed by atoms with Gasteiger partial charge < -0.3 is 15.1 Å². The van der Waals surface area contributed by atoms with Gasteiger partial charge in [-0.15, -0.1) is 0 Å². The average molecular weight is 370 g/mol. The van der Waals surface area contributed by atoms with E-state index in [9.17, 15) is 4.79 Å². The molecule has 1 spiro atoms. The van der Waals surface area contributed by atoms with Crippen LogP contribution in [0.3, 0.4) is 0 Å². The number of likely N-dealkylation sites (tertiary alicyclic amines) is 1. The molecule has 2 atom stereocenters. The van der Waals surface area contributed by atoms with E-state index >= 15 is 0 Å². The number of benzene rings is 1. The van der Waals surface area contributed by atoms with E-state index in [1.807, 2.05) is 6.07 Å². The number of anilines is 1. The van der Waals surface area contributed by atoms with Crippen LogP contribution in [0.4, 0.5) is 5.69 Å². The molecule has 4 rings (SSSR count). The van der Waals surface area contributed by atoms with Crippen LogP contribution in [-0.2, 0) is 4.79 Å². The second kappa shape index (κ2) is 7.12.